The lowest BCUT2D eigenvalue weighted by atomic mass is 9.43. The van der Waals surface area contributed by atoms with Crippen LogP contribution in [0.3, 0.4) is 0 Å². The minimum Gasteiger partial charge on any atom is -0.446 e. The van der Waals surface area contributed by atoms with Gasteiger partial charge in [0.1, 0.15) is 12.2 Å². The van der Waals surface area contributed by atoms with E-state index in [0.717, 1.165) is 64.6 Å². The maximum atomic E-state index is 12.9. The molecule has 9 heteroatoms. The van der Waals surface area contributed by atoms with E-state index in [1.165, 1.54) is 12.8 Å². The third-order valence-electron chi connectivity index (χ3n) is 15.5. The molecular weight excluding hydrogens is 582 g/mol. The molecule has 2 spiro atoms. The number of fused-ring (bicyclic) bond motifs is 4. The van der Waals surface area contributed by atoms with Gasteiger partial charge in [0.15, 0.2) is 0 Å². The van der Waals surface area contributed by atoms with Crippen LogP contribution in [0.5, 0.6) is 0 Å². The van der Waals surface area contributed by atoms with Crippen LogP contribution in [0.2, 0.25) is 0 Å². The molecular formula is C37H63N3O6. The lowest BCUT2D eigenvalue weighted by Crippen LogP contribution is -2.70. The zero-order valence-electron chi connectivity index (χ0n) is 29.6. The Balaban J connectivity index is 1.10. The van der Waals surface area contributed by atoms with Crippen LogP contribution in [0.25, 0.3) is 0 Å². The van der Waals surface area contributed by atoms with Crippen molar-refractivity contribution in [1.29, 1.82) is 0 Å². The second-order valence-corrected chi connectivity index (χ2v) is 18.3. The fourth-order valence-corrected chi connectivity index (χ4v) is 13.4. The Labute approximate surface area is 277 Å². The highest BCUT2D eigenvalue weighted by Crippen LogP contribution is 2.87. The van der Waals surface area contributed by atoms with Crippen LogP contribution in [0, 0.1) is 45.3 Å². The number of alkyl carbamates (subject to hydrolysis) is 1. The van der Waals surface area contributed by atoms with E-state index in [4.69, 9.17) is 19.9 Å². The van der Waals surface area contributed by atoms with Crippen molar-refractivity contribution in [3.63, 3.8) is 0 Å². The predicted molar refractivity (Wildman–Crippen MR) is 176 cm³/mol. The van der Waals surface area contributed by atoms with E-state index in [9.17, 15) is 15.0 Å². The Hall–Kier alpha value is -0.970. The monoisotopic (exact) mass is 645 g/mol. The summed E-state index contributed by atoms with van der Waals surface area (Å²) in [6.45, 7) is 19.2. The second kappa shape index (κ2) is 11.0. The minimum absolute atomic E-state index is 0.0952. The van der Waals surface area contributed by atoms with Crippen LogP contribution in [-0.4, -0.2) is 95.7 Å². The highest BCUT2D eigenvalue weighted by molar-refractivity contribution is 5.67. The summed E-state index contributed by atoms with van der Waals surface area (Å²) in [5, 5.41) is 26.4. The molecule has 2 saturated heterocycles. The third kappa shape index (κ3) is 4.50. The van der Waals surface area contributed by atoms with Crippen molar-refractivity contribution < 1.29 is 29.2 Å². The molecule has 7 rings (SSSR count). The van der Waals surface area contributed by atoms with Crippen molar-refractivity contribution in [3.05, 3.63) is 0 Å². The molecule has 2 heterocycles. The van der Waals surface area contributed by atoms with Gasteiger partial charge in [-0.05, 0) is 132 Å². The first kappa shape index (κ1) is 33.5. The van der Waals surface area contributed by atoms with Gasteiger partial charge in [0, 0.05) is 25.1 Å². The fourth-order valence-electron chi connectivity index (χ4n) is 13.4. The molecule has 46 heavy (non-hydrogen) atoms. The van der Waals surface area contributed by atoms with Crippen LogP contribution in [0.15, 0.2) is 0 Å². The molecule has 0 aromatic rings. The molecule has 13 atom stereocenters. The molecule has 7 fully saturated rings. The van der Waals surface area contributed by atoms with Gasteiger partial charge in [-0.2, -0.15) is 0 Å². The molecule has 0 bridgehead atoms. The van der Waals surface area contributed by atoms with Gasteiger partial charge in [0.25, 0.3) is 0 Å². The molecule has 9 nitrogen and oxygen atoms in total. The molecule has 7 aliphatic rings. The van der Waals surface area contributed by atoms with E-state index in [0.29, 0.717) is 25.0 Å². The average Bonchev–Trinajstić information content (AvgIpc) is 3.58. The van der Waals surface area contributed by atoms with Gasteiger partial charge in [-0.3, -0.25) is 0 Å². The second-order valence-electron chi connectivity index (χ2n) is 18.3. The van der Waals surface area contributed by atoms with Crippen LogP contribution in [0.4, 0.5) is 4.79 Å². The largest absolute Gasteiger partial charge is 0.446 e. The summed E-state index contributed by atoms with van der Waals surface area (Å²) in [4.78, 5) is 15.2. The number of aliphatic hydroxyl groups excluding tert-OH is 1. The Bertz CT molecular complexity index is 1190. The van der Waals surface area contributed by atoms with Gasteiger partial charge in [-0.1, -0.05) is 27.7 Å². The number of likely N-dealkylation sites (tertiary alicyclic amines) is 1. The summed E-state index contributed by atoms with van der Waals surface area (Å²) >= 11 is 0. The van der Waals surface area contributed by atoms with E-state index < -0.39 is 23.3 Å². The number of hydrogen-bond donors (Lipinski definition) is 4. The molecule has 5 aliphatic carbocycles. The first-order valence-corrected chi connectivity index (χ1v) is 18.7. The summed E-state index contributed by atoms with van der Waals surface area (Å²) in [6, 6.07) is 0. The van der Waals surface area contributed by atoms with Crippen LogP contribution < -0.4 is 11.1 Å². The smallest absolute Gasteiger partial charge is 0.407 e. The van der Waals surface area contributed by atoms with Crippen molar-refractivity contribution in [3.8, 4) is 0 Å². The first-order valence-electron chi connectivity index (χ1n) is 18.7. The topological polar surface area (TPSA) is 127 Å². The standard InChI is InChI=1S/C37H63N3O6/c1-8-44-30(33(5,6)43)23-20-22(2)27-28(45-23)29(41)37(38)25-11-10-24-32(3,4)26(46-31(42)39-16-19-40-17-9-18-40)12-13-35(24)21-36(25,35)15-14-34(27,37)7/h22-30,41,43H,8-21,38H2,1-7H3,(H,39,42)/t22-,23+,24+,25?,26?,27+,28?,29+,30?,34?,35?,36?,37+/m1/s1. The zero-order chi connectivity index (χ0) is 33.1. The highest BCUT2D eigenvalue weighted by Gasteiger charge is 2.85. The number of rotatable bonds is 8. The number of ether oxygens (including phenoxy) is 3. The fraction of sp³-hybridized carbons (Fsp3) is 0.973. The van der Waals surface area contributed by atoms with E-state index in [1.807, 2.05) is 6.92 Å². The molecule has 0 aromatic heterocycles. The van der Waals surface area contributed by atoms with E-state index >= 15 is 0 Å². The Morgan fingerprint density at radius 3 is 2.46 bits per heavy atom. The maximum Gasteiger partial charge on any atom is 0.407 e. The van der Waals surface area contributed by atoms with Crippen LogP contribution >= 0.6 is 0 Å². The quantitative estimate of drug-likeness (QED) is 0.305. The normalized spacial score (nSPS) is 49.7. The molecule has 7 unspecified atom stereocenters. The Morgan fingerprint density at radius 2 is 1.80 bits per heavy atom. The number of nitrogens with two attached hydrogens (primary N) is 1. The van der Waals surface area contributed by atoms with E-state index in [1.54, 1.807) is 13.8 Å². The zero-order valence-corrected chi connectivity index (χ0v) is 29.6. The molecule has 262 valence electrons. The van der Waals surface area contributed by atoms with Crippen molar-refractivity contribution in [1.82, 2.24) is 10.2 Å². The highest BCUT2D eigenvalue weighted by atomic mass is 16.6. The molecule has 5 N–H and O–H groups in total. The van der Waals surface area contributed by atoms with E-state index in [2.05, 4.69) is 37.9 Å². The number of nitrogens with zero attached hydrogens (tertiary/aromatic N) is 1. The number of nitrogens with one attached hydrogen (secondary N) is 1. The minimum atomic E-state index is -1.05. The van der Waals surface area contributed by atoms with E-state index in [-0.39, 0.29) is 57.9 Å². The van der Waals surface area contributed by atoms with Gasteiger partial charge in [-0.15, -0.1) is 0 Å². The lowest BCUT2D eigenvalue weighted by Gasteiger charge is -2.63. The molecule has 5 saturated carbocycles. The molecule has 2 aliphatic heterocycles. The summed E-state index contributed by atoms with van der Waals surface area (Å²) < 4.78 is 19.1. The van der Waals surface area contributed by atoms with Gasteiger partial charge >= 0.3 is 6.09 Å². The first-order chi connectivity index (χ1) is 21.6. The van der Waals surface area contributed by atoms with Crippen molar-refractivity contribution in [2.24, 2.45) is 51.1 Å². The summed E-state index contributed by atoms with van der Waals surface area (Å²) in [7, 11) is 0. The SMILES string of the molecule is CCOC([C@@H]1C[C@@H](C)[C@H]2C(O1)[C@H](O)[C@@]1(N)C3CC[C@H]4C(C)(C)C(OC(=O)NCCN5CCC5)CCC45CC35CCC21C)C(C)(C)O. The van der Waals surface area contributed by atoms with Crippen molar-refractivity contribution >= 4 is 6.09 Å². The summed E-state index contributed by atoms with van der Waals surface area (Å²) in [5.74, 6) is 1.16. The summed E-state index contributed by atoms with van der Waals surface area (Å²) in [6.07, 6.45) is 7.12. The van der Waals surface area contributed by atoms with Crippen molar-refractivity contribution in [2.45, 2.75) is 148 Å². The van der Waals surface area contributed by atoms with Crippen LogP contribution in [0.1, 0.15) is 106 Å². The summed E-state index contributed by atoms with van der Waals surface area (Å²) in [5.41, 5.74) is 5.95. The lowest BCUT2D eigenvalue weighted by molar-refractivity contribution is -0.214. The number of hydrogen-bond acceptors (Lipinski definition) is 8. The van der Waals surface area contributed by atoms with Crippen LogP contribution in [-0.2, 0) is 14.2 Å². The molecule has 0 aromatic carbocycles. The Morgan fingerprint density at radius 1 is 1.11 bits per heavy atom. The average molecular weight is 646 g/mol. The Kier molecular flexibility index (Phi) is 8.03. The molecule has 1 amide bonds. The number of carbonyl (C=O) groups is 1. The van der Waals surface area contributed by atoms with Crippen molar-refractivity contribution in [2.75, 3.05) is 32.8 Å². The predicted octanol–water partition coefficient (Wildman–Crippen LogP) is 4.47. The van der Waals surface area contributed by atoms with Gasteiger partial charge in [0.2, 0.25) is 0 Å². The third-order valence-corrected chi connectivity index (χ3v) is 15.5. The number of aliphatic hydroxyl groups is 2. The maximum absolute atomic E-state index is 12.9. The van der Waals surface area contributed by atoms with Gasteiger partial charge < -0.3 is 40.4 Å². The molecule has 0 radical (unpaired) electrons. The van der Waals surface area contributed by atoms with Gasteiger partial charge in [-0.25, -0.2) is 4.79 Å². The number of amides is 1. The van der Waals surface area contributed by atoms with Gasteiger partial charge in [0.05, 0.1) is 29.5 Å². The number of carbonyl (C=O) groups excluding carboxylic acids is 1.